The highest BCUT2D eigenvalue weighted by Gasteiger charge is 2.14. The van der Waals surface area contributed by atoms with Gasteiger partial charge in [0.1, 0.15) is 21.8 Å². The molecule has 0 radical (unpaired) electrons. The summed E-state index contributed by atoms with van der Waals surface area (Å²) < 4.78 is 26.3. The van der Waals surface area contributed by atoms with Crippen molar-refractivity contribution in [1.29, 1.82) is 5.26 Å². The molecule has 0 aliphatic carbocycles. The van der Waals surface area contributed by atoms with E-state index in [9.17, 15) is 8.42 Å². The normalized spacial score (nSPS) is 10.7. The number of sulfonamides is 1. The van der Waals surface area contributed by atoms with Crippen molar-refractivity contribution < 1.29 is 8.42 Å². The van der Waals surface area contributed by atoms with E-state index >= 15 is 0 Å². The van der Waals surface area contributed by atoms with Crippen molar-refractivity contribution in [1.82, 2.24) is 9.97 Å². The van der Waals surface area contributed by atoms with Gasteiger partial charge in [-0.1, -0.05) is 11.6 Å². The van der Waals surface area contributed by atoms with Crippen molar-refractivity contribution in [3.8, 4) is 6.07 Å². The molecule has 2 rings (SSSR count). The van der Waals surface area contributed by atoms with Crippen molar-refractivity contribution in [2.24, 2.45) is 0 Å². The zero-order valence-corrected chi connectivity index (χ0v) is 11.0. The molecule has 0 aliphatic heterocycles. The van der Waals surface area contributed by atoms with Gasteiger partial charge in [0, 0.05) is 6.20 Å². The summed E-state index contributed by atoms with van der Waals surface area (Å²) in [4.78, 5) is 7.43. The number of nitrogens with one attached hydrogen (secondary N) is 1. The zero-order valence-electron chi connectivity index (χ0n) is 9.41. The molecule has 96 valence electrons. The Balaban J connectivity index is 2.27. The number of hydrogen-bond acceptors (Lipinski definition) is 5. The SMILES string of the molecule is N#Cc1ccc(S(=O)(=O)Nc2ccc(Cl)nc2)cn1. The van der Waals surface area contributed by atoms with E-state index in [-0.39, 0.29) is 21.4 Å². The first-order valence-electron chi connectivity index (χ1n) is 5.02. The van der Waals surface area contributed by atoms with Gasteiger partial charge in [-0.05, 0) is 24.3 Å². The second-order valence-electron chi connectivity index (χ2n) is 3.47. The first kappa shape index (κ1) is 13.3. The van der Waals surface area contributed by atoms with E-state index in [1.165, 1.54) is 30.5 Å². The lowest BCUT2D eigenvalue weighted by molar-refractivity contribution is 0.601. The molecule has 0 amide bonds. The average molecular weight is 295 g/mol. The molecule has 0 spiro atoms. The highest BCUT2D eigenvalue weighted by molar-refractivity contribution is 7.92. The molecular weight excluding hydrogens is 288 g/mol. The number of hydrogen-bond donors (Lipinski definition) is 1. The highest BCUT2D eigenvalue weighted by atomic mass is 35.5. The Morgan fingerprint density at radius 3 is 2.47 bits per heavy atom. The number of rotatable bonds is 3. The van der Waals surface area contributed by atoms with Crippen LogP contribution < -0.4 is 4.72 Å². The van der Waals surface area contributed by atoms with Gasteiger partial charge in [0.2, 0.25) is 0 Å². The maximum absolute atomic E-state index is 12.0. The predicted molar refractivity (Wildman–Crippen MR) is 69.0 cm³/mol. The van der Waals surface area contributed by atoms with Crippen molar-refractivity contribution in [2.75, 3.05) is 4.72 Å². The summed E-state index contributed by atoms with van der Waals surface area (Å²) in [7, 11) is -3.76. The van der Waals surface area contributed by atoms with E-state index in [1.54, 1.807) is 0 Å². The third-order valence-corrected chi connectivity index (χ3v) is 3.73. The molecule has 1 N–H and O–H groups in total. The number of nitrogens with zero attached hydrogens (tertiary/aromatic N) is 3. The Morgan fingerprint density at radius 2 is 1.95 bits per heavy atom. The number of anilines is 1. The van der Waals surface area contributed by atoms with E-state index in [4.69, 9.17) is 16.9 Å². The Hall–Kier alpha value is -2.17. The molecule has 2 heterocycles. The fourth-order valence-electron chi connectivity index (χ4n) is 1.26. The number of nitriles is 1. The lowest BCUT2D eigenvalue weighted by atomic mass is 10.4. The summed E-state index contributed by atoms with van der Waals surface area (Å²) in [5.41, 5.74) is 0.431. The van der Waals surface area contributed by atoms with Crippen LogP contribution in [0.15, 0.2) is 41.6 Å². The minimum Gasteiger partial charge on any atom is -0.278 e. The standard InChI is InChI=1S/C11H7ClN4O2S/c12-11-4-2-9(6-15-11)16-19(17,18)10-3-1-8(5-13)14-7-10/h1-4,6-7,16H. The summed E-state index contributed by atoms with van der Waals surface area (Å²) in [5, 5.41) is 8.86. The summed E-state index contributed by atoms with van der Waals surface area (Å²) >= 11 is 5.60. The van der Waals surface area contributed by atoms with Crippen LogP contribution >= 0.6 is 11.6 Å². The largest absolute Gasteiger partial charge is 0.278 e. The summed E-state index contributed by atoms with van der Waals surface area (Å²) in [5.74, 6) is 0. The molecule has 2 aromatic rings. The van der Waals surface area contributed by atoms with E-state index in [0.717, 1.165) is 6.20 Å². The number of halogens is 1. The molecule has 0 aliphatic rings. The second kappa shape index (κ2) is 5.22. The molecule has 0 bridgehead atoms. The third-order valence-electron chi connectivity index (χ3n) is 2.14. The van der Waals surface area contributed by atoms with Crippen LogP contribution in [0.4, 0.5) is 5.69 Å². The minimum atomic E-state index is -3.76. The maximum Gasteiger partial charge on any atom is 0.263 e. The first-order valence-corrected chi connectivity index (χ1v) is 6.88. The molecule has 0 aromatic carbocycles. The van der Waals surface area contributed by atoms with E-state index in [1.807, 2.05) is 6.07 Å². The third kappa shape index (κ3) is 3.19. The van der Waals surface area contributed by atoms with Crippen molar-refractivity contribution in [3.63, 3.8) is 0 Å². The summed E-state index contributed by atoms with van der Waals surface area (Å²) in [6, 6.07) is 7.40. The first-order chi connectivity index (χ1) is 9.01. The van der Waals surface area contributed by atoms with Gasteiger partial charge in [-0.3, -0.25) is 4.72 Å². The zero-order chi connectivity index (χ0) is 13.9. The quantitative estimate of drug-likeness (QED) is 0.871. The van der Waals surface area contributed by atoms with Crippen molar-refractivity contribution >= 4 is 27.3 Å². The van der Waals surface area contributed by atoms with Crippen molar-refractivity contribution in [3.05, 3.63) is 47.5 Å². The number of pyridine rings is 2. The molecule has 0 saturated carbocycles. The molecule has 19 heavy (non-hydrogen) atoms. The molecule has 0 saturated heterocycles. The Morgan fingerprint density at radius 1 is 1.16 bits per heavy atom. The fourth-order valence-corrected chi connectivity index (χ4v) is 2.36. The lowest BCUT2D eigenvalue weighted by Gasteiger charge is -2.07. The van der Waals surface area contributed by atoms with E-state index in [2.05, 4.69) is 14.7 Å². The average Bonchev–Trinajstić information content (AvgIpc) is 2.41. The fraction of sp³-hybridized carbons (Fsp3) is 0. The van der Waals surface area contributed by atoms with Gasteiger partial charge in [0.25, 0.3) is 10.0 Å². The minimum absolute atomic E-state index is 0.0403. The van der Waals surface area contributed by atoms with Crippen LogP contribution in [0.2, 0.25) is 5.15 Å². The molecule has 6 nitrogen and oxygen atoms in total. The van der Waals surface area contributed by atoms with Gasteiger partial charge in [-0.25, -0.2) is 18.4 Å². The van der Waals surface area contributed by atoms with Gasteiger partial charge >= 0.3 is 0 Å². The Labute approximate surface area is 114 Å². The van der Waals surface area contributed by atoms with Gasteiger partial charge in [-0.2, -0.15) is 5.26 Å². The van der Waals surface area contributed by atoms with Crippen LogP contribution in [0.25, 0.3) is 0 Å². The Kier molecular flexibility index (Phi) is 3.64. The molecule has 0 fully saturated rings. The predicted octanol–water partition coefficient (Wildman–Crippen LogP) is 1.80. The summed E-state index contributed by atoms with van der Waals surface area (Å²) in [6.07, 6.45) is 2.42. The molecule has 2 aromatic heterocycles. The smallest absolute Gasteiger partial charge is 0.263 e. The topological polar surface area (TPSA) is 95.7 Å². The van der Waals surface area contributed by atoms with Gasteiger partial charge in [-0.15, -0.1) is 0 Å². The van der Waals surface area contributed by atoms with Crippen LogP contribution in [0.1, 0.15) is 5.69 Å². The van der Waals surface area contributed by atoms with Crippen LogP contribution in [0, 0.1) is 11.3 Å². The van der Waals surface area contributed by atoms with Crippen LogP contribution in [0.5, 0.6) is 0 Å². The van der Waals surface area contributed by atoms with Gasteiger partial charge in [0.15, 0.2) is 0 Å². The second-order valence-corrected chi connectivity index (χ2v) is 5.54. The van der Waals surface area contributed by atoms with E-state index in [0.29, 0.717) is 0 Å². The van der Waals surface area contributed by atoms with Gasteiger partial charge < -0.3 is 0 Å². The maximum atomic E-state index is 12.0. The molecule has 8 heteroatoms. The van der Waals surface area contributed by atoms with E-state index < -0.39 is 10.0 Å². The van der Waals surface area contributed by atoms with Gasteiger partial charge in [0.05, 0.1) is 11.9 Å². The Bertz CT molecular complexity index is 721. The van der Waals surface area contributed by atoms with Crippen molar-refractivity contribution in [2.45, 2.75) is 4.90 Å². The monoisotopic (exact) mass is 294 g/mol. The highest BCUT2D eigenvalue weighted by Crippen LogP contribution is 2.16. The molecule has 0 unspecified atom stereocenters. The van der Waals surface area contributed by atoms with Crippen LogP contribution in [0.3, 0.4) is 0 Å². The van der Waals surface area contributed by atoms with Crippen LogP contribution in [-0.2, 0) is 10.0 Å². The van der Waals surface area contributed by atoms with Crippen LogP contribution in [-0.4, -0.2) is 18.4 Å². The molecular formula is C11H7ClN4O2S. The lowest BCUT2D eigenvalue weighted by Crippen LogP contribution is -2.13. The molecule has 0 atom stereocenters. The number of aromatic nitrogens is 2. The summed E-state index contributed by atoms with van der Waals surface area (Å²) in [6.45, 7) is 0.